The van der Waals surface area contributed by atoms with E-state index in [-0.39, 0.29) is 17.9 Å². The predicted molar refractivity (Wildman–Crippen MR) is 121 cm³/mol. The summed E-state index contributed by atoms with van der Waals surface area (Å²) in [5, 5.41) is 9.61. The summed E-state index contributed by atoms with van der Waals surface area (Å²) in [6, 6.07) is 7.98. The third-order valence-electron chi connectivity index (χ3n) is 6.44. The fourth-order valence-electron chi connectivity index (χ4n) is 4.71. The van der Waals surface area contributed by atoms with Gasteiger partial charge in [-0.25, -0.2) is 0 Å². The van der Waals surface area contributed by atoms with Crippen LogP contribution in [0.2, 0.25) is 5.02 Å². The van der Waals surface area contributed by atoms with Gasteiger partial charge in [0, 0.05) is 30.5 Å². The van der Waals surface area contributed by atoms with Crippen molar-refractivity contribution in [1.29, 1.82) is 0 Å². The van der Waals surface area contributed by atoms with Crippen molar-refractivity contribution in [2.75, 3.05) is 19.6 Å². The summed E-state index contributed by atoms with van der Waals surface area (Å²) in [6.45, 7) is 7.79. The van der Waals surface area contributed by atoms with Crippen LogP contribution in [0, 0.1) is 5.92 Å². The highest BCUT2D eigenvalue weighted by Crippen LogP contribution is 2.34. The van der Waals surface area contributed by atoms with Crippen molar-refractivity contribution in [2.24, 2.45) is 5.92 Å². The number of nitrogens with zero attached hydrogens (tertiary/aromatic N) is 4. The topological polar surface area (TPSA) is 62.5 Å². The fraction of sp³-hybridized carbons (Fsp3) is 0.625. The summed E-state index contributed by atoms with van der Waals surface area (Å²) in [4.78, 5) is 17.1. The number of hydrogen-bond donors (Lipinski definition) is 0. The summed E-state index contributed by atoms with van der Waals surface area (Å²) in [7, 11) is 0. The van der Waals surface area contributed by atoms with Crippen LogP contribution in [0.5, 0.6) is 0 Å². The molecule has 2 fully saturated rings. The van der Waals surface area contributed by atoms with Gasteiger partial charge in [-0.15, -0.1) is 10.2 Å². The molecule has 2 aliphatic rings. The maximum atomic E-state index is 12.7. The number of halogens is 1. The van der Waals surface area contributed by atoms with E-state index in [2.05, 4.69) is 35.0 Å². The smallest absolute Gasteiger partial charge is 0.238 e. The first-order valence-electron chi connectivity index (χ1n) is 11.6. The number of carbonyl (C=O) groups is 1. The van der Waals surface area contributed by atoms with E-state index in [0.717, 1.165) is 69.2 Å². The van der Waals surface area contributed by atoms with Gasteiger partial charge < -0.3 is 9.32 Å². The van der Waals surface area contributed by atoms with Crippen LogP contribution in [0.1, 0.15) is 81.7 Å². The van der Waals surface area contributed by atoms with Gasteiger partial charge in [0.2, 0.25) is 17.7 Å². The molecule has 6 nitrogen and oxygen atoms in total. The average Bonchev–Trinajstić information content (AvgIpc) is 3.25. The molecule has 0 radical (unpaired) electrons. The number of carbonyl (C=O) groups excluding carboxylic acids is 1. The van der Waals surface area contributed by atoms with E-state index in [0.29, 0.717) is 18.2 Å². The number of benzene rings is 1. The van der Waals surface area contributed by atoms with Gasteiger partial charge in [-0.3, -0.25) is 9.69 Å². The molecule has 1 aromatic heterocycles. The van der Waals surface area contributed by atoms with E-state index in [1.807, 2.05) is 23.1 Å². The van der Waals surface area contributed by atoms with Gasteiger partial charge in [0.05, 0.1) is 0 Å². The van der Waals surface area contributed by atoms with Crippen LogP contribution in [0.4, 0.5) is 0 Å². The van der Waals surface area contributed by atoms with Gasteiger partial charge >= 0.3 is 0 Å². The summed E-state index contributed by atoms with van der Waals surface area (Å²) < 4.78 is 6.16. The first-order chi connectivity index (χ1) is 15.0. The second-order valence-corrected chi connectivity index (χ2v) is 9.72. The molecule has 0 saturated carbocycles. The van der Waals surface area contributed by atoms with Crippen molar-refractivity contribution in [1.82, 2.24) is 20.0 Å². The van der Waals surface area contributed by atoms with Crippen molar-refractivity contribution >= 4 is 17.5 Å². The van der Waals surface area contributed by atoms with Crippen molar-refractivity contribution in [3.8, 4) is 0 Å². The maximum absolute atomic E-state index is 12.7. The minimum atomic E-state index is -0.0680. The van der Waals surface area contributed by atoms with Gasteiger partial charge in [0.25, 0.3) is 0 Å². The molecule has 2 saturated heterocycles. The Morgan fingerprint density at radius 2 is 1.84 bits per heavy atom. The standard InChI is InChI=1S/C24H33ClN4O2/c1-17(2)15-22(30)29-12-6-5-9-21(29)24-27-26-23(31-24)18-10-13-28(14-11-18)16-19-7-3-4-8-20(19)25/h3-4,7-8,17-18,21H,5-6,9-16H2,1-2H3. The van der Waals surface area contributed by atoms with Gasteiger partial charge in [0.15, 0.2) is 0 Å². The molecule has 168 valence electrons. The first-order valence-corrected chi connectivity index (χ1v) is 12.0. The van der Waals surface area contributed by atoms with E-state index in [1.54, 1.807) is 0 Å². The number of amides is 1. The molecule has 2 aromatic rings. The lowest BCUT2D eigenvalue weighted by molar-refractivity contribution is -0.136. The molecule has 0 N–H and O–H groups in total. The van der Waals surface area contributed by atoms with Gasteiger partial charge in [-0.05, 0) is 62.7 Å². The Labute approximate surface area is 190 Å². The van der Waals surface area contributed by atoms with Crippen LogP contribution in [-0.2, 0) is 11.3 Å². The lowest BCUT2D eigenvalue weighted by Crippen LogP contribution is -2.39. The molecule has 1 unspecified atom stereocenters. The zero-order valence-corrected chi connectivity index (χ0v) is 19.4. The Hall–Kier alpha value is -1.92. The molecule has 0 spiro atoms. The molecule has 1 amide bonds. The highest BCUT2D eigenvalue weighted by Gasteiger charge is 2.33. The summed E-state index contributed by atoms with van der Waals surface area (Å²) in [6.07, 6.45) is 5.60. The maximum Gasteiger partial charge on any atom is 0.238 e. The van der Waals surface area contributed by atoms with Crippen molar-refractivity contribution in [3.05, 3.63) is 46.6 Å². The molecule has 1 aromatic carbocycles. The summed E-state index contributed by atoms with van der Waals surface area (Å²) in [5.41, 5.74) is 1.17. The predicted octanol–water partition coefficient (Wildman–Crippen LogP) is 5.20. The Kier molecular flexibility index (Phi) is 7.28. The monoisotopic (exact) mass is 444 g/mol. The highest BCUT2D eigenvalue weighted by molar-refractivity contribution is 6.31. The van der Waals surface area contributed by atoms with Crippen LogP contribution >= 0.6 is 11.6 Å². The van der Waals surface area contributed by atoms with Crippen molar-refractivity contribution in [3.63, 3.8) is 0 Å². The minimum absolute atomic E-state index is 0.0680. The Bertz CT molecular complexity index is 876. The number of likely N-dealkylation sites (tertiary alicyclic amines) is 2. The molecular weight excluding hydrogens is 412 g/mol. The number of aromatic nitrogens is 2. The van der Waals surface area contributed by atoms with Crippen LogP contribution in [0.3, 0.4) is 0 Å². The number of hydrogen-bond acceptors (Lipinski definition) is 5. The molecule has 31 heavy (non-hydrogen) atoms. The quantitative estimate of drug-likeness (QED) is 0.612. The van der Waals surface area contributed by atoms with Gasteiger partial charge in [-0.1, -0.05) is 43.6 Å². The normalized spacial score (nSPS) is 21.0. The number of piperidine rings is 2. The largest absolute Gasteiger partial charge is 0.423 e. The molecule has 7 heteroatoms. The molecule has 2 aliphatic heterocycles. The fourth-order valence-corrected chi connectivity index (χ4v) is 4.90. The Balaban J connectivity index is 1.36. The van der Waals surface area contributed by atoms with Gasteiger partial charge in [0.1, 0.15) is 6.04 Å². The molecular formula is C24H33ClN4O2. The lowest BCUT2D eigenvalue weighted by Gasteiger charge is -2.34. The molecule has 1 atom stereocenters. The van der Waals surface area contributed by atoms with E-state index in [1.165, 1.54) is 5.56 Å². The van der Waals surface area contributed by atoms with Crippen molar-refractivity contribution < 1.29 is 9.21 Å². The van der Waals surface area contributed by atoms with Crippen molar-refractivity contribution in [2.45, 2.75) is 70.9 Å². The van der Waals surface area contributed by atoms with Crippen LogP contribution in [0.15, 0.2) is 28.7 Å². The molecule has 4 rings (SSSR count). The Morgan fingerprint density at radius 3 is 2.58 bits per heavy atom. The van der Waals surface area contributed by atoms with Crippen LogP contribution in [0.25, 0.3) is 0 Å². The molecule has 3 heterocycles. The second kappa shape index (κ2) is 10.1. The van der Waals surface area contributed by atoms with E-state index in [4.69, 9.17) is 16.0 Å². The van der Waals surface area contributed by atoms with Crippen LogP contribution < -0.4 is 0 Å². The SMILES string of the molecule is CC(C)CC(=O)N1CCCCC1c1nnc(C2CCN(Cc3ccccc3Cl)CC2)o1. The summed E-state index contributed by atoms with van der Waals surface area (Å²) >= 11 is 6.32. The first kappa shape index (κ1) is 22.3. The van der Waals surface area contributed by atoms with Gasteiger partial charge in [-0.2, -0.15) is 0 Å². The zero-order chi connectivity index (χ0) is 21.8. The third kappa shape index (κ3) is 5.47. The molecule has 0 aliphatic carbocycles. The lowest BCUT2D eigenvalue weighted by atomic mass is 9.96. The third-order valence-corrected chi connectivity index (χ3v) is 6.80. The van der Waals surface area contributed by atoms with E-state index in [9.17, 15) is 4.79 Å². The average molecular weight is 445 g/mol. The second-order valence-electron chi connectivity index (χ2n) is 9.32. The number of rotatable bonds is 6. The summed E-state index contributed by atoms with van der Waals surface area (Å²) in [5.74, 6) is 2.18. The highest BCUT2D eigenvalue weighted by atomic mass is 35.5. The Morgan fingerprint density at radius 1 is 1.10 bits per heavy atom. The zero-order valence-electron chi connectivity index (χ0n) is 18.6. The minimum Gasteiger partial charge on any atom is -0.423 e. The van der Waals surface area contributed by atoms with E-state index < -0.39 is 0 Å². The van der Waals surface area contributed by atoms with E-state index >= 15 is 0 Å². The van der Waals surface area contributed by atoms with Crippen LogP contribution in [-0.4, -0.2) is 45.5 Å². The molecule has 0 bridgehead atoms.